The van der Waals surface area contributed by atoms with E-state index in [-0.39, 0.29) is 11.3 Å². The van der Waals surface area contributed by atoms with Gasteiger partial charge in [-0.1, -0.05) is 45.0 Å². The number of aromatic nitrogens is 1. The highest BCUT2D eigenvalue weighted by molar-refractivity contribution is 6.00. The second-order valence-electron chi connectivity index (χ2n) is 9.68. The van der Waals surface area contributed by atoms with Crippen LogP contribution < -0.4 is 10.2 Å². The van der Waals surface area contributed by atoms with Crippen molar-refractivity contribution in [1.82, 2.24) is 10.3 Å². The van der Waals surface area contributed by atoms with Crippen molar-refractivity contribution in [3.05, 3.63) is 48.2 Å². The van der Waals surface area contributed by atoms with Crippen LogP contribution in [0.4, 0.5) is 10.6 Å². The fourth-order valence-electron chi connectivity index (χ4n) is 3.59. The van der Waals surface area contributed by atoms with Crippen LogP contribution >= 0.6 is 0 Å². The molecule has 1 atom stereocenters. The molecule has 1 aromatic carbocycles. The normalized spacial score (nSPS) is 17.2. The number of amides is 2. The maximum atomic E-state index is 12.8. The second kappa shape index (κ2) is 8.09. The Morgan fingerprint density at radius 3 is 2.40 bits per heavy atom. The van der Waals surface area contributed by atoms with Crippen molar-refractivity contribution in [1.29, 1.82) is 0 Å². The molecule has 2 amide bonds. The number of nitrogens with zero attached hydrogens (tertiary/aromatic N) is 2. The van der Waals surface area contributed by atoms with Crippen molar-refractivity contribution < 1.29 is 14.3 Å². The molecule has 0 radical (unpaired) electrons. The van der Waals surface area contributed by atoms with Crippen LogP contribution in [0.5, 0.6) is 0 Å². The number of hydrogen-bond donors (Lipinski definition) is 1. The monoisotopic (exact) mass is 409 g/mol. The van der Waals surface area contributed by atoms with Gasteiger partial charge in [-0.25, -0.2) is 9.78 Å². The molecule has 6 heteroatoms. The van der Waals surface area contributed by atoms with Gasteiger partial charge in [-0.2, -0.15) is 0 Å². The zero-order valence-electron chi connectivity index (χ0n) is 18.7. The number of anilines is 1. The molecule has 0 unspecified atom stereocenters. The van der Waals surface area contributed by atoms with E-state index >= 15 is 0 Å². The van der Waals surface area contributed by atoms with Crippen LogP contribution in [0.1, 0.15) is 53.5 Å². The lowest BCUT2D eigenvalue weighted by Gasteiger charge is -2.23. The van der Waals surface area contributed by atoms with Gasteiger partial charge in [-0.3, -0.25) is 9.69 Å². The standard InChI is InChI=1S/C24H31N3O3/c1-23(2,3)18-10-8-7-9-17(18)16-11-12-20(25-15-16)27-14-13-19(21(27)28)26-22(29)30-24(4,5)6/h7-12,15,19H,13-14H2,1-6H3,(H,26,29)/t19-/m0/s1. The predicted molar refractivity (Wildman–Crippen MR) is 119 cm³/mol. The van der Waals surface area contributed by atoms with Gasteiger partial charge in [0.1, 0.15) is 17.5 Å². The van der Waals surface area contributed by atoms with Crippen LogP contribution in [-0.4, -0.2) is 35.2 Å². The Morgan fingerprint density at radius 1 is 1.10 bits per heavy atom. The van der Waals surface area contributed by atoms with E-state index in [1.54, 1.807) is 25.7 Å². The Bertz CT molecular complexity index is 924. The molecule has 1 aromatic heterocycles. The summed E-state index contributed by atoms with van der Waals surface area (Å²) in [6.45, 7) is 12.4. The fraction of sp³-hybridized carbons (Fsp3) is 0.458. The van der Waals surface area contributed by atoms with E-state index < -0.39 is 17.7 Å². The Hall–Kier alpha value is -2.89. The number of alkyl carbamates (subject to hydrolysis) is 1. The minimum absolute atomic E-state index is 0.0146. The molecule has 1 fully saturated rings. The number of ether oxygens (including phenoxy) is 1. The molecule has 3 rings (SSSR count). The molecule has 0 aliphatic carbocycles. The largest absolute Gasteiger partial charge is 0.444 e. The van der Waals surface area contributed by atoms with Crippen LogP contribution in [0.3, 0.4) is 0 Å². The number of rotatable bonds is 3. The van der Waals surface area contributed by atoms with Gasteiger partial charge in [0.15, 0.2) is 0 Å². The highest BCUT2D eigenvalue weighted by atomic mass is 16.6. The summed E-state index contributed by atoms with van der Waals surface area (Å²) in [5.74, 6) is 0.418. The highest BCUT2D eigenvalue weighted by Gasteiger charge is 2.35. The zero-order chi connectivity index (χ0) is 22.1. The predicted octanol–water partition coefficient (Wildman–Crippen LogP) is 4.68. The Morgan fingerprint density at radius 2 is 1.80 bits per heavy atom. The number of benzene rings is 1. The first-order chi connectivity index (χ1) is 14.0. The lowest BCUT2D eigenvalue weighted by molar-refractivity contribution is -0.118. The van der Waals surface area contributed by atoms with Gasteiger partial charge in [-0.15, -0.1) is 0 Å². The smallest absolute Gasteiger partial charge is 0.408 e. The van der Waals surface area contributed by atoms with Gasteiger partial charge in [0.05, 0.1) is 0 Å². The molecular weight excluding hydrogens is 378 g/mol. The topological polar surface area (TPSA) is 71.5 Å². The van der Waals surface area contributed by atoms with Gasteiger partial charge in [0.25, 0.3) is 5.91 Å². The number of pyridine rings is 1. The maximum absolute atomic E-state index is 12.8. The molecule has 160 valence electrons. The molecule has 1 aliphatic rings. The third kappa shape index (κ3) is 4.99. The van der Waals surface area contributed by atoms with E-state index in [2.05, 4.69) is 43.2 Å². The summed E-state index contributed by atoms with van der Waals surface area (Å²) in [7, 11) is 0. The molecule has 0 saturated carbocycles. The van der Waals surface area contributed by atoms with E-state index in [4.69, 9.17) is 4.74 Å². The van der Waals surface area contributed by atoms with Gasteiger partial charge in [0, 0.05) is 18.3 Å². The van der Waals surface area contributed by atoms with Gasteiger partial charge >= 0.3 is 6.09 Å². The summed E-state index contributed by atoms with van der Waals surface area (Å²) < 4.78 is 5.26. The molecule has 1 N–H and O–H groups in total. The van der Waals surface area contributed by atoms with Crippen LogP contribution in [0, 0.1) is 0 Å². The van der Waals surface area contributed by atoms with Crippen molar-refractivity contribution in [3.8, 4) is 11.1 Å². The summed E-state index contributed by atoms with van der Waals surface area (Å²) in [6.07, 6.45) is 1.75. The van der Waals surface area contributed by atoms with Gasteiger partial charge < -0.3 is 10.1 Å². The average molecular weight is 410 g/mol. The summed E-state index contributed by atoms with van der Waals surface area (Å²) in [5, 5.41) is 2.67. The average Bonchev–Trinajstić information content (AvgIpc) is 3.00. The van der Waals surface area contributed by atoms with Crippen molar-refractivity contribution in [2.75, 3.05) is 11.4 Å². The van der Waals surface area contributed by atoms with E-state index in [1.807, 2.05) is 30.5 Å². The van der Waals surface area contributed by atoms with Crippen LogP contribution in [0.2, 0.25) is 0 Å². The first kappa shape index (κ1) is 21.8. The molecule has 2 aromatic rings. The molecule has 0 spiro atoms. The third-order valence-corrected chi connectivity index (χ3v) is 4.97. The summed E-state index contributed by atoms with van der Waals surface area (Å²) >= 11 is 0. The fourth-order valence-corrected chi connectivity index (χ4v) is 3.59. The minimum Gasteiger partial charge on any atom is -0.444 e. The molecule has 30 heavy (non-hydrogen) atoms. The molecular formula is C24H31N3O3. The lowest BCUT2D eigenvalue weighted by atomic mass is 9.82. The van der Waals surface area contributed by atoms with E-state index in [9.17, 15) is 9.59 Å². The Labute approximate surface area is 178 Å². The molecule has 0 bridgehead atoms. The second-order valence-corrected chi connectivity index (χ2v) is 9.68. The lowest BCUT2D eigenvalue weighted by Crippen LogP contribution is -2.43. The van der Waals surface area contributed by atoms with Crippen molar-refractivity contribution >= 4 is 17.8 Å². The third-order valence-electron chi connectivity index (χ3n) is 4.97. The van der Waals surface area contributed by atoms with E-state index in [1.165, 1.54) is 5.56 Å². The van der Waals surface area contributed by atoms with Gasteiger partial charge in [-0.05, 0) is 55.9 Å². The van der Waals surface area contributed by atoms with E-state index in [0.29, 0.717) is 18.8 Å². The maximum Gasteiger partial charge on any atom is 0.408 e. The van der Waals surface area contributed by atoms with Crippen molar-refractivity contribution in [2.24, 2.45) is 0 Å². The van der Waals surface area contributed by atoms with Crippen LogP contribution in [-0.2, 0) is 14.9 Å². The summed E-state index contributed by atoms with van der Waals surface area (Å²) in [5.41, 5.74) is 2.81. The number of nitrogens with one attached hydrogen (secondary N) is 1. The van der Waals surface area contributed by atoms with Crippen LogP contribution in [0.25, 0.3) is 11.1 Å². The Kier molecular flexibility index (Phi) is 5.88. The highest BCUT2D eigenvalue weighted by Crippen LogP contribution is 2.33. The minimum atomic E-state index is -0.605. The summed E-state index contributed by atoms with van der Waals surface area (Å²) in [4.78, 5) is 30.9. The molecule has 2 heterocycles. The van der Waals surface area contributed by atoms with Crippen LogP contribution in [0.15, 0.2) is 42.6 Å². The van der Waals surface area contributed by atoms with Crippen molar-refractivity contribution in [3.63, 3.8) is 0 Å². The first-order valence-corrected chi connectivity index (χ1v) is 10.3. The SMILES string of the molecule is CC(C)(C)OC(=O)N[C@H]1CCN(c2ccc(-c3ccccc3C(C)(C)C)cn2)C1=O. The number of carbonyl (C=O) groups is 2. The number of carbonyl (C=O) groups excluding carboxylic acids is 2. The van der Waals surface area contributed by atoms with Crippen molar-refractivity contribution in [2.45, 2.75) is 65.0 Å². The molecule has 6 nitrogen and oxygen atoms in total. The number of hydrogen-bond acceptors (Lipinski definition) is 4. The molecule has 1 saturated heterocycles. The Balaban J connectivity index is 1.74. The van der Waals surface area contributed by atoms with Gasteiger partial charge in [0.2, 0.25) is 0 Å². The van der Waals surface area contributed by atoms with E-state index in [0.717, 1.165) is 11.1 Å². The summed E-state index contributed by atoms with van der Waals surface area (Å²) in [6, 6.07) is 11.6. The zero-order valence-corrected chi connectivity index (χ0v) is 18.7. The molecule has 1 aliphatic heterocycles. The quantitative estimate of drug-likeness (QED) is 0.799. The first-order valence-electron chi connectivity index (χ1n) is 10.3.